The Bertz CT molecular complexity index is 996. The Balaban J connectivity index is 1.11. The van der Waals surface area contributed by atoms with Gasteiger partial charge in [-0.3, -0.25) is 19.6 Å². The first-order valence-electron chi connectivity index (χ1n) is 11.5. The largest absolute Gasteiger partial charge is 0.417 e. The Morgan fingerprint density at radius 1 is 1.18 bits per heavy atom. The second kappa shape index (κ2) is 10.8. The number of aromatic nitrogens is 1. The second-order valence-corrected chi connectivity index (χ2v) is 9.87. The normalized spacial score (nSPS) is 20.6. The van der Waals surface area contributed by atoms with Crippen LogP contribution < -0.4 is 5.32 Å². The summed E-state index contributed by atoms with van der Waals surface area (Å²) in [6.45, 7) is 1.79. The van der Waals surface area contributed by atoms with Gasteiger partial charge in [0.25, 0.3) is 11.8 Å². The molecule has 0 spiro atoms. The predicted molar refractivity (Wildman–Crippen MR) is 125 cm³/mol. The van der Waals surface area contributed by atoms with Crippen LogP contribution in [0.2, 0.25) is 0 Å². The van der Waals surface area contributed by atoms with Crippen LogP contribution in [0, 0.1) is 11.8 Å². The van der Waals surface area contributed by atoms with Gasteiger partial charge in [-0.15, -0.1) is 0 Å². The maximum absolute atomic E-state index is 12.7. The maximum Gasteiger partial charge on any atom is 0.417 e. The van der Waals surface area contributed by atoms with Crippen LogP contribution in [0.4, 0.5) is 13.2 Å². The van der Waals surface area contributed by atoms with Crippen molar-refractivity contribution in [3.8, 4) is 0 Å². The molecule has 0 saturated carbocycles. The number of likely N-dealkylation sites (tertiary alicyclic amines) is 1. The summed E-state index contributed by atoms with van der Waals surface area (Å²) in [6.07, 6.45) is 7.45. The molecule has 1 atom stereocenters. The van der Waals surface area contributed by atoms with Crippen LogP contribution in [0.25, 0.3) is 0 Å². The molecule has 6 nitrogen and oxygen atoms in total. The second-order valence-electron chi connectivity index (χ2n) is 8.76. The van der Waals surface area contributed by atoms with Crippen molar-refractivity contribution in [3.05, 3.63) is 51.7 Å². The first kappa shape index (κ1) is 24.5. The highest BCUT2D eigenvalue weighted by atomic mass is 32.2. The molecule has 34 heavy (non-hydrogen) atoms. The van der Waals surface area contributed by atoms with Crippen molar-refractivity contribution in [2.45, 2.75) is 44.7 Å². The minimum absolute atomic E-state index is 0.0241. The molecule has 1 unspecified atom stereocenters. The fourth-order valence-corrected chi connectivity index (χ4v) is 5.43. The lowest BCUT2D eigenvalue weighted by Crippen LogP contribution is -2.38. The number of piperidine rings is 1. The van der Waals surface area contributed by atoms with E-state index in [1.165, 1.54) is 11.8 Å². The summed E-state index contributed by atoms with van der Waals surface area (Å²) < 4.78 is 38.0. The standard InChI is InChI=1S/C24H27F3N4O2S/c25-24(26,27)18-4-5-19(30-14-18)23(33)31-11-7-16(8-12-31)3-1-2-9-29-22(32)20-13-17-6-10-28-15-21(17)34-20/h4-5,10,13-17H,1-3,6-9,11-12H2,(H,29,32). The van der Waals surface area contributed by atoms with E-state index in [1.807, 2.05) is 18.5 Å². The zero-order valence-electron chi connectivity index (χ0n) is 18.7. The lowest BCUT2D eigenvalue weighted by atomic mass is 9.91. The van der Waals surface area contributed by atoms with Crippen LogP contribution in [-0.2, 0) is 11.0 Å². The monoisotopic (exact) mass is 492 g/mol. The summed E-state index contributed by atoms with van der Waals surface area (Å²) in [5.41, 5.74) is -0.816. The van der Waals surface area contributed by atoms with Gasteiger partial charge in [0.2, 0.25) is 0 Å². The molecule has 1 N–H and O–H groups in total. The molecule has 4 rings (SSSR count). The van der Waals surface area contributed by atoms with E-state index in [9.17, 15) is 22.8 Å². The Hall–Kier alpha value is -2.62. The summed E-state index contributed by atoms with van der Waals surface area (Å²) in [6, 6.07) is 2.04. The topological polar surface area (TPSA) is 74.7 Å². The average molecular weight is 493 g/mol. The summed E-state index contributed by atoms with van der Waals surface area (Å²) in [4.78, 5) is 36.3. The molecule has 2 amide bonds. The first-order valence-corrected chi connectivity index (χ1v) is 12.3. The van der Waals surface area contributed by atoms with Gasteiger partial charge in [-0.2, -0.15) is 13.2 Å². The van der Waals surface area contributed by atoms with Gasteiger partial charge in [-0.1, -0.05) is 30.7 Å². The van der Waals surface area contributed by atoms with Crippen molar-refractivity contribution in [3.63, 3.8) is 0 Å². The number of halogens is 3. The smallest absolute Gasteiger partial charge is 0.352 e. The third-order valence-electron chi connectivity index (χ3n) is 6.37. The molecule has 1 fully saturated rings. The minimum atomic E-state index is -4.46. The fraction of sp³-hybridized carbons (Fsp3) is 0.500. The Labute approximate surface area is 200 Å². The van der Waals surface area contributed by atoms with Gasteiger partial charge >= 0.3 is 6.18 Å². The molecule has 0 bridgehead atoms. The molecular formula is C24H27F3N4O2S. The van der Waals surface area contributed by atoms with Gasteiger partial charge in [-0.05, 0) is 43.7 Å². The highest BCUT2D eigenvalue weighted by molar-refractivity contribution is 8.07. The Morgan fingerprint density at radius 3 is 2.65 bits per heavy atom. The number of amides is 2. The Kier molecular flexibility index (Phi) is 7.75. The van der Waals surface area contributed by atoms with Crippen LogP contribution >= 0.6 is 11.8 Å². The maximum atomic E-state index is 12.7. The lowest BCUT2D eigenvalue weighted by molar-refractivity contribution is -0.137. The summed E-state index contributed by atoms with van der Waals surface area (Å²) in [5.74, 6) is 0.444. The van der Waals surface area contributed by atoms with E-state index >= 15 is 0 Å². The van der Waals surface area contributed by atoms with Crippen LogP contribution in [-0.4, -0.2) is 47.5 Å². The number of aliphatic imine (C=N–C) groups is 1. The molecular weight excluding hydrogens is 465 g/mol. The van der Waals surface area contributed by atoms with E-state index in [0.29, 0.717) is 31.7 Å². The number of nitrogens with zero attached hydrogens (tertiary/aromatic N) is 3. The quantitative estimate of drug-likeness (QED) is 0.555. The number of hydrogen-bond acceptors (Lipinski definition) is 5. The van der Waals surface area contributed by atoms with Gasteiger partial charge in [0.05, 0.1) is 10.5 Å². The molecule has 0 aliphatic carbocycles. The molecule has 4 heterocycles. The number of carbonyl (C=O) groups is 2. The lowest BCUT2D eigenvalue weighted by Gasteiger charge is -2.32. The SMILES string of the molecule is O=C(NCCCCC1CCN(C(=O)c2ccc(C(F)(F)F)cn2)CC1)C1=CC2CC=NC=C2S1. The molecule has 0 radical (unpaired) electrons. The summed E-state index contributed by atoms with van der Waals surface area (Å²) >= 11 is 1.50. The minimum Gasteiger partial charge on any atom is -0.352 e. The summed E-state index contributed by atoms with van der Waals surface area (Å²) in [5, 5.41) is 3.00. The summed E-state index contributed by atoms with van der Waals surface area (Å²) in [7, 11) is 0. The van der Waals surface area contributed by atoms with E-state index in [2.05, 4.69) is 15.3 Å². The van der Waals surface area contributed by atoms with E-state index < -0.39 is 11.7 Å². The molecule has 10 heteroatoms. The number of carbonyl (C=O) groups excluding carboxylic acids is 2. The average Bonchev–Trinajstić information content (AvgIpc) is 3.28. The zero-order valence-corrected chi connectivity index (χ0v) is 19.5. The molecule has 1 aromatic rings. The zero-order chi connectivity index (χ0) is 24.1. The number of nitrogens with one attached hydrogen (secondary N) is 1. The molecule has 3 aliphatic heterocycles. The molecule has 3 aliphatic rings. The number of hydrogen-bond donors (Lipinski definition) is 1. The van der Waals surface area contributed by atoms with Crippen LogP contribution in [0.3, 0.4) is 0 Å². The number of rotatable bonds is 7. The fourth-order valence-electron chi connectivity index (χ4n) is 4.35. The van der Waals surface area contributed by atoms with Crippen molar-refractivity contribution < 1.29 is 22.8 Å². The van der Waals surface area contributed by atoms with Gasteiger partial charge in [0, 0.05) is 49.1 Å². The number of allylic oxidation sites excluding steroid dienone is 2. The molecule has 182 valence electrons. The molecule has 1 aromatic heterocycles. The highest BCUT2D eigenvalue weighted by Gasteiger charge is 2.32. The van der Waals surface area contributed by atoms with Crippen LogP contribution in [0.1, 0.15) is 54.6 Å². The van der Waals surface area contributed by atoms with E-state index in [0.717, 1.165) is 60.5 Å². The van der Waals surface area contributed by atoms with Gasteiger partial charge < -0.3 is 10.2 Å². The van der Waals surface area contributed by atoms with Crippen molar-refractivity contribution >= 4 is 29.8 Å². The van der Waals surface area contributed by atoms with Crippen molar-refractivity contribution in [2.75, 3.05) is 19.6 Å². The van der Waals surface area contributed by atoms with Gasteiger partial charge in [-0.25, -0.2) is 0 Å². The van der Waals surface area contributed by atoms with Gasteiger partial charge in [0.15, 0.2) is 0 Å². The number of fused-ring (bicyclic) bond motifs is 1. The van der Waals surface area contributed by atoms with E-state index in [1.54, 1.807) is 4.90 Å². The molecule has 1 saturated heterocycles. The van der Waals surface area contributed by atoms with Crippen molar-refractivity contribution in [1.29, 1.82) is 0 Å². The van der Waals surface area contributed by atoms with Crippen LogP contribution in [0.5, 0.6) is 0 Å². The van der Waals surface area contributed by atoms with Crippen molar-refractivity contribution in [2.24, 2.45) is 16.8 Å². The molecule has 0 aromatic carbocycles. The van der Waals surface area contributed by atoms with E-state index in [-0.39, 0.29) is 23.4 Å². The van der Waals surface area contributed by atoms with Crippen molar-refractivity contribution in [1.82, 2.24) is 15.2 Å². The number of pyridine rings is 1. The van der Waals surface area contributed by atoms with Crippen LogP contribution in [0.15, 0.2) is 45.4 Å². The Morgan fingerprint density at radius 2 is 1.97 bits per heavy atom. The van der Waals surface area contributed by atoms with Gasteiger partial charge in [0.1, 0.15) is 5.69 Å². The number of unbranched alkanes of at least 4 members (excludes halogenated alkanes) is 1. The van der Waals surface area contributed by atoms with E-state index in [4.69, 9.17) is 0 Å². The third kappa shape index (κ3) is 6.08. The number of alkyl halides is 3. The first-order chi connectivity index (χ1) is 16.3. The number of thioether (sulfide) groups is 1. The highest BCUT2D eigenvalue weighted by Crippen LogP contribution is 2.42. The third-order valence-corrected chi connectivity index (χ3v) is 7.56. The predicted octanol–water partition coefficient (Wildman–Crippen LogP) is 4.80.